The Balaban J connectivity index is 2.37. The van der Waals surface area contributed by atoms with E-state index >= 15 is 0 Å². The van der Waals surface area contributed by atoms with Crippen LogP contribution in [0.25, 0.3) is 0 Å². The molecule has 0 aromatic rings. The van der Waals surface area contributed by atoms with Crippen molar-refractivity contribution in [3.8, 4) is 0 Å². The van der Waals surface area contributed by atoms with Gasteiger partial charge < -0.3 is 14.9 Å². The van der Waals surface area contributed by atoms with Crippen molar-refractivity contribution in [1.82, 2.24) is 0 Å². The molecule has 1 aliphatic heterocycles. The van der Waals surface area contributed by atoms with Crippen LogP contribution in [0, 0.1) is 5.92 Å². The van der Waals surface area contributed by atoms with Crippen LogP contribution in [0.3, 0.4) is 0 Å². The van der Waals surface area contributed by atoms with Crippen molar-refractivity contribution in [2.45, 2.75) is 51.4 Å². The minimum absolute atomic E-state index is 0.0294. The fourth-order valence-corrected chi connectivity index (χ4v) is 1.81. The lowest BCUT2D eigenvalue weighted by molar-refractivity contribution is -0.146. The molecule has 0 unspecified atom stereocenters. The van der Waals surface area contributed by atoms with Gasteiger partial charge >= 0.3 is 5.97 Å². The second kappa shape index (κ2) is 4.75. The standard InChI is InChI=1S/C10H18O4/c1-6(11)5-8-3-4-9(14-8)7(2)10(12)13/h6-9,11H,3-5H2,1-2H3,(H,12,13)/t6-,7+,8-,9-/m0/s1. The molecule has 0 aliphatic carbocycles. The highest BCUT2D eigenvalue weighted by atomic mass is 16.5. The lowest BCUT2D eigenvalue weighted by Crippen LogP contribution is -2.26. The largest absolute Gasteiger partial charge is 0.481 e. The maximum atomic E-state index is 10.7. The van der Waals surface area contributed by atoms with Gasteiger partial charge in [0.1, 0.15) is 0 Å². The van der Waals surface area contributed by atoms with E-state index in [4.69, 9.17) is 14.9 Å². The summed E-state index contributed by atoms with van der Waals surface area (Å²) in [6, 6.07) is 0. The van der Waals surface area contributed by atoms with E-state index in [9.17, 15) is 4.79 Å². The van der Waals surface area contributed by atoms with Crippen LogP contribution in [0.5, 0.6) is 0 Å². The minimum Gasteiger partial charge on any atom is -0.481 e. The van der Waals surface area contributed by atoms with Gasteiger partial charge in [0, 0.05) is 0 Å². The molecule has 0 aromatic heterocycles. The van der Waals surface area contributed by atoms with Crippen molar-refractivity contribution in [3.05, 3.63) is 0 Å². The zero-order chi connectivity index (χ0) is 10.7. The molecule has 1 saturated heterocycles. The Bertz CT molecular complexity index is 202. The first kappa shape index (κ1) is 11.5. The third-order valence-electron chi connectivity index (χ3n) is 2.69. The predicted octanol–water partition coefficient (Wildman–Crippen LogP) is 1.03. The van der Waals surface area contributed by atoms with Gasteiger partial charge in [0.25, 0.3) is 0 Å². The molecule has 0 bridgehead atoms. The third-order valence-corrected chi connectivity index (χ3v) is 2.69. The molecule has 1 rings (SSSR count). The maximum absolute atomic E-state index is 10.7. The number of hydrogen-bond donors (Lipinski definition) is 2. The van der Waals surface area contributed by atoms with Crippen LogP contribution in [0.1, 0.15) is 33.1 Å². The molecule has 14 heavy (non-hydrogen) atoms. The highest BCUT2D eigenvalue weighted by molar-refractivity contribution is 5.70. The normalized spacial score (nSPS) is 31.4. The zero-order valence-corrected chi connectivity index (χ0v) is 8.64. The summed E-state index contributed by atoms with van der Waals surface area (Å²) in [4.78, 5) is 10.7. The van der Waals surface area contributed by atoms with Crippen molar-refractivity contribution in [1.29, 1.82) is 0 Å². The van der Waals surface area contributed by atoms with E-state index in [-0.39, 0.29) is 18.3 Å². The van der Waals surface area contributed by atoms with E-state index in [0.717, 1.165) is 12.8 Å². The fourth-order valence-electron chi connectivity index (χ4n) is 1.81. The SMILES string of the molecule is C[C@H](O)C[C@@H]1CC[C@@H]([C@@H](C)C(=O)O)O1. The van der Waals surface area contributed by atoms with Crippen LogP contribution in [0.4, 0.5) is 0 Å². The number of hydrogen-bond acceptors (Lipinski definition) is 3. The molecular formula is C10H18O4. The van der Waals surface area contributed by atoms with Crippen molar-refractivity contribution in [2.24, 2.45) is 5.92 Å². The summed E-state index contributed by atoms with van der Waals surface area (Å²) >= 11 is 0. The molecule has 0 spiro atoms. The quantitative estimate of drug-likeness (QED) is 0.714. The van der Waals surface area contributed by atoms with Gasteiger partial charge in [-0.15, -0.1) is 0 Å². The van der Waals surface area contributed by atoms with Crippen LogP contribution >= 0.6 is 0 Å². The number of aliphatic hydroxyl groups is 1. The van der Waals surface area contributed by atoms with E-state index in [1.807, 2.05) is 0 Å². The number of carboxylic acid groups (broad SMARTS) is 1. The first-order valence-electron chi connectivity index (χ1n) is 5.07. The van der Waals surface area contributed by atoms with Gasteiger partial charge in [-0.05, 0) is 33.1 Å². The summed E-state index contributed by atoms with van der Waals surface area (Å²) in [5, 5.41) is 17.9. The number of aliphatic hydroxyl groups excluding tert-OH is 1. The van der Waals surface area contributed by atoms with Gasteiger partial charge in [-0.1, -0.05) is 0 Å². The number of ether oxygens (including phenoxy) is 1. The molecule has 4 heteroatoms. The summed E-state index contributed by atoms with van der Waals surface area (Å²) in [6.07, 6.45) is 1.71. The van der Waals surface area contributed by atoms with Crippen molar-refractivity contribution < 1.29 is 19.7 Å². The highest BCUT2D eigenvalue weighted by Gasteiger charge is 2.33. The average molecular weight is 202 g/mol. The zero-order valence-electron chi connectivity index (χ0n) is 8.64. The Morgan fingerprint density at radius 3 is 2.64 bits per heavy atom. The van der Waals surface area contributed by atoms with Crippen LogP contribution in [-0.4, -0.2) is 34.5 Å². The summed E-state index contributed by atoms with van der Waals surface area (Å²) in [5.74, 6) is -1.26. The van der Waals surface area contributed by atoms with Crippen LogP contribution in [0.2, 0.25) is 0 Å². The van der Waals surface area contributed by atoms with Crippen molar-refractivity contribution in [2.75, 3.05) is 0 Å². The van der Waals surface area contributed by atoms with Gasteiger partial charge in [-0.2, -0.15) is 0 Å². The maximum Gasteiger partial charge on any atom is 0.308 e. The first-order chi connectivity index (χ1) is 6.50. The highest BCUT2D eigenvalue weighted by Crippen LogP contribution is 2.27. The lowest BCUT2D eigenvalue weighted by Gasteiger charge is -2.17. The van der Waals surface area contributed by atoms with Gasteiger partial charge in [-0.25, -0.2) is 0 Å². The topological polar surface area (TPSA) is 66.8 Å². The van der Waals surface area contributed by atoms with Crippen molar-refractivity contribution in [3.63, 3.8) is 0 Å². The fraction of sp³-hybridized carbons (Fsp3) is 0.900. The van der Waals surface area contributed by atoms with E-state index < -0.39 is 11.9 Å². The van der Waals surface area contributed by atoms with Gasteiger partial charge in [0.2, 0.25) is 0 Å². The minimum atomic E-state index is -0.812. The Labute approximate surface area is 83.9 Å². The van der Waals surface area contributed by atoms with E-state index in [2.05, 4.69) is 0 Å². The molecule has 4 nitrogen and oxygen atoms in total. The first-order valence-corrected chi connectivity index (χ1v) is 5.07. The molecule has 4 atom stereocenters. The number of carbonyl (C=O) groups is 1. The summed E-state index contributed by atoms with van der Waals surface area (Å²) < 4.78 is 5.55. The monoisotopic (exact) mass is 202 g/mol. The molecule has 1 aliphatic rings. The molecule has 1 fully saturated rings. The van der Waals surface area contributed by atoms with E-state index in [1.165, 1.54) is 0 Å². The smallest absolute Gasteiger partial charge is 0.308 e. The predicted molar refractivity (Wildman–Crippen MR) is 51.0 cm³/mol. The number of carboxylic acids is 1. The number of rotatable bonds is 4. The Hall–Kier alpha value is -0.610. The molecule has 0 aromatic carbocycles. The molecule has 82 valence electrons. The second-order valence-corrected chi connectivity index (χ2v) is 4.09. The van der Waals surface area contributed by atoms with Gasteiger partial charge in [0.15, 0.2) is 0 Å². The van der Waals surface area contributed by atoms with Gasteiger partial charge in [-0.3, -0.25) is 4.79 Å². The van der Waals surface area contributed by atoms with Gasteiger partial charge in [0.05, 0.1) is 24.2 Å². The van der Waals surface area contributed by atoms with Crippen molar-refractivity contribution >= 4 is 5.97 Å². The molecular weight excluding hydrogens is 184 g/mol. The third kappa shape index (κ3) is 2.96. The van der Waals surface area contributed by atoms with E-state index in [0.29, 0.717) is 6.42 Å². The van der Waals surface area contributed by atoms with E-state index in [1.54, 1.807) is 13.8 Å². The van der Waals surface area contributed by atoms with Crippen LogP contribution in [-0.2, 0) is 9.53 Å². The molecule has 1 heterocycles. The summed E-state index contributed by atoms with van der Waals surface area (Å²) in [5.41, 5.74) is 0. The Morgan fingerprint density at radius 1 is 1.50 bits per heavy atom. The number of aliphatic carboxylic acids is 1. The molecule has 0 saturated carbocycles. The van der Waals surface area contributed by atoms with Crippen LogP contribution in [0.15, 0.2) is 0 Å². The van der Waals surface area contributed by atoms with Crippen LogP contribution < -0.4 is 0 Å². The summed E-state index contributed by atoms with van der Waals surface area (Å²) in [6.45, 7) is 3.38. The molecule has 0 radical (unpaired) electrons. The molecule has 0 amide bonds. The summed E-state index contributed by atoms with van der Waals surface area (Å²) in [7, 11) is 0. The second-order valence-electron chi connectivity index (χ2n) is 4.09. The average Bonchev–Trinajstić information content (AvgIpc) is 2.50. The Kier molecular flexibility index (Phi) is 3.89. The lowest BCUT2D eigenvalue weighted by atomic mass is 10.0. The Morgan fingerprint density at radius 2 is 2.14 bits per heavy atom. The molecule has 2 N–H and O–H groups in total.